The van der Waals surface area contributed by atoms with E-state index in [-0.39, 0.29) is 23.0 Å². The highest BCUT2D eigenvalue weighted by atomic mass is 16.3. The van der Waals surface area contributed by atoms with Crippen LogP contribution in [0.4, 0.5) is 0 Å². The zero-order chi connectivity index (χ0) is 30.3. The maximum Gasteiger partial charge on any atom is 0.244 e. The van der Waals surface area contributed by atoms with Crippen molar-refractivity contribution in [2.75, 3.05) is 14.1 Å². The van der Waals surface area contributed by atoms with E-state index in [2.05, 4.69) is 61.4 Å². The van der Waals surface area contributed by atoms with Gasteiger partial charge in [0, 0.05) is 50.6 Å². The fourth-order valence-electron chi connectivity index (χ4n) is 4.82. The van der Waals surface area contributed by atoms with Crippen LogP contribution in [0.5, 0.6) is 5.75 Å². The second-order valence-electron chi connectivity index (χ2n) is 11.9. The number of phenols is 1. The Morgan fingerprint density at radius 2 is 1.71 bits per heavy atom. The zero-order valence-electron chi connectivity index (χ0n) is 25.2. The summed E-state index contributed by atoms with van der Waals surface area (Å²) in [4.78, 5) is 31.4. The van der Waals surface area contributed by atoms with E-state index < -0.39 is 6.04 Å². The average molecular weight is 568 g/mol. The van der Waals surface area contributed by atoms with Crippen molar-refractivity contribution in [3.05, 3.63) is 95.9 Å². The van der Waals surface area contributed by atoms with Crippen LogP contribution in [0.1, 0.15) is 56.9 Å². The van der Waals surface area contributed by atoms with E-state index >= 15 is 0 Å². The molecule has 4 aromatic rings. The topological polar surface area (TPSA) is 100 Å². The molecule has 2 aromatic carbocycles. The van der Waals surface area contributed by atoms with Crippen molar-refractivity contribution in [2.45, 2.75) is 64.3 Å². The Morgan fingerprint density at radius 1 is 1.00 bits per heavy atom. The summed E-state index contributed by atoms with van der Waals surface area (Å²) in [6.45, 7) is 6.60. The Labute approximate surface area is 248 Å². The van der Waals surface area contributed by atoms with Crippen LogP contribution in [-0.2, 0) is 27.8 Å². The molecule has 0 fully saturated rings. The maximum atomic E-state index is 12.9. The number of rotatable bonds is 11. The molecule has 2 heterocycles. The molecule has 0 aliphatic heterocycles. The fraction of sp³-hybridized carbons (Fsp3) is 0.353. The van der Waals surface area contributed by atoms with Crippen molar-refractivity contribution in [3.8, 4) is 22.7 Å². The Bertz CT molecular complexity index is 1470. The first-order valence-electron chi connectivity index (χ1n) is 14.4. The quantitative estimate of drug-likeness (QED) is 0.234. The van der Waals surface area contributed by atoms with Crippen LogP contribution >= 0.6 is 0 Å². The summed E-state index contributed by atoms with van der Waals surface area (Å²) in [5, 5.41) is 17.4. The molecule has 4 rings (SSSR count). The summed E-state index contributed by atoms with van der Waals surface area (Å²) in [5.74, 6) is -0.161. The second kappa shape index (κ2) is 13.5. The molecule has 0 saturated carbocycles. The monoisotopic (exact) mass is 567 g/mol. The van der Waals surface area contributed by atoms with Crippen molar-refractivity contribution < 1.29 is 14.7 Å². The van der Waals surface area contributed by atoms with Crippen LogP contribution in [-0.4, -0.2) is 56.7 Å². The van der Waals surface area contributed by atoms with Gasteiger partial charge in [-0.25, -0.2) is 4.68 Å². The van der Waals surface area contributed by atoms with Crippen LogP contribution in [0.25, 0.3) is 16.9 Å². The molecule has 0 saturated heterocycles. The number of aromatic hydroxyl groups is 1. The van der Waals surface area contributed by atoms with E-state index in [0.717, 1.165) is 41.0 Å². The molecule has 1 atom stereocenters. The number of pyridine rings is 1. The van der Waals surface area contributed by atoms with Crippen molar-refractivity contribution in [1.82, 2.24) is 25.0 Å². The van der Waals surface area contributed by atoms with Gasteiger partial charge >= 0.3 is 0 Å². The minimum atomic E-state index is -0.670. The molecule has 0 aliphatic rings. The summed E-state index contributed by atoms with van der Waals surface area (Å²) >= 11 is 0. The number of nitrogens with one attached hydrogen (secondary N) is 1. The number of hydrogen-bond donors (Lipinski definition) is 2. The largest absolute Gasteiger partial charge is 0.508 e. The van der Waals surface area contributed by atoms with Crippen LogP contribution in [0.15, 0.2) is 79.1 Å². The van der Waals surface area contributed by atoms with E-state index in [4.69, 9.17) is 5.10 Å². The number of carbonyl (C=O) groups excluding carboxylic acids is 2. The number of benzene rings is 2. The zero-order valence-corrected chi connectivity index (χ0v) is 25.2. The molecule has 2 amide bonds. The van der Waals surface area contributed by atoms with Gasteiger partial charge in [-0.2, -0.15) is 5.10 Å². The van der Waals surface area contributed by atoms with Gasteiger partial charge < -0.3 is 15.3 Å². The van der Waals surface area contributed by atoms with E-state index in [9.17, 15) is 14.7 Å². The summed E-state index contributed by atoms with van der Waals surface area (Å²) in [6.07, 6.45) is 6.44. The highest BCUT2D eigenvalue weighted by molar-refractivity contribution is 5.87. The molecule has 8 nitrogen and oxygen atoms in total. The van der Waals surface area contributed by atoms with Gasteiger partial charge in [0.25, 0.3) is 0 Å². The number of aryl methyl sites for hydroxylation is 1. The Hall–Kier alpha value is -4.46. The van der Waals surface area contributed by atoms with Gasteiger partial charge in [0.15, 0.2) is 0 Å². The van der Waals surface area contributed by atoms with E-state index in [1.807, 2.05) is 23.0 Å². The lowest BCUT2D eigenvalue weighted by Crippen LogP contribution is -2.47. The first kappa shape index (κ1) is 30.5. The van der Waals surface area contributed by atoms with Gasteiger partial charge in [-0.15, -0.1) is 0 Å². The molecule has 1 unspecified atom stereocenters. The highest BCUT2D eigenvalue weighted by Crippen LogP contribution is 2.26. The number of phenolic OH excluding ortho intramolecular Hbond substituents is 1. The number of amides is 2. The third-order valence-corrected chi connectivity index (χ3v) is 7.26. The SMILES string of the molecule is CN(C)C(=O)C(Cc1ccc(O)cc1)NC(=O)CCCCc1cc(-c2cccnc2)nn1-c1ccc(C(C)(C)C)cc1. The average Bonchev–Trinajstić information content (AvgIpc) is 3.40. The number of unbranched alkanes of at least 4 members (excludes halogenated alkanes) is 1. The third-order valence-electron chi connectivity index (χ3n) is 7.26. The van der Waals surface area contributed by atoms with E-state index in [1.54, 1.807) is 44.6 Å². The molecule has 2 N–H and O–H groups in total. The smallest absolute Gasteiger partial charge is 0.244 e. The van der Waals surface area contributed by atoms with Crippen molar-refractivity contribution in [1.29, 1.82) is 0 Å². The summed E-state index contributed by atoms with van der Waals surface area (Å²) in [6, 6.07) is 20.5. The molecule has 0 aliphatic carbocycles. The molecule has 2 aromatic heterocycles. The molecule has 0 spiro atoms. The predicted molar refractivity (Wildman–Crippen MR) is 165 cm³/mol. The molecule has 0 bridgehead atoms. The van der Waals surface area contributed by atoms with Gasteiger partial charge in [-0.3, -0.25) is 14.6 Å². The van der Waals surface area contributed by atoms with Gasteiger partial charge in [-0.05, 0) is 78.3 Å². The number of aromatic nitrogens is 3. The standard InChI is InChI=1S/C34H41N5O3/c1-34(2,3)26-14-16-27(17-15-26)39-28(22-30(37-39)25-9-8-20-35-23-25)10-6-7-11-32(41)36-31(33(42)38(4)5)21-24-12-18-29(40)19-13-24/h8-9,12-20,22-23,31,40H,6-7,10-11,21H2,1-5H3,(H,36,41). The van der Waals surface area contributed by atoms with Crippen molar-refractivity contribution in [2.24, 2.45) is 0 Å². The van der Waals surface area contributed by atoms with Crippen LogP contribution in [0.3, 0.4) is 0 Å². The minimum absolute atomic E-state index is 0.0626. The second-order valence-corrected chi connectivity index (χ2v) is 11.9. The summed E-state index contributed by atoms with van der Waals surface area (Å²) in [7, 11) is 3.36. The van der Waals surface area contributed by atoms with Crippen LogP contribution in [0, 0.1) is 0 Å². The van der Waals surface area contributed by atoms with Gasteiger partial charge in [0.2, 0.25) is 11.8 Å². The molecule has 42 heavy (non-hydrogen) atoms. The summed E-state index contributed by atoms with van der Waals surface area (Å²) < 4.78 is 1.98. The summed E-state index contributed by atoms with van der Waals surface area (Å²) in [5.41, 5.74) is 6.04. The van der Waals surface area contributed by atoms with Crippen LogP contribution < -0.4 is 5.32 Å². The molecule has 8 heteroatoms. The van der Waals surface area contributed by atoms with Crippen molar-refractivity contribution in [3.63, 3.8) is 0 Å². The first-order chi connectivity index (χ1) is 20.0. The van der Waals surface area contributed by atoms with Crippen LogP contribution in [0.2, 0.25) is 0 Å². The van der Waals surface area contributed by atoms with Crippen molar-refractivity contribution >= 4 is 11.8 Å². The predicted octanol–water partition coefficient (Wildman–Crippen LogP) is 5.47. The lowest BCUT2D eigenvalue weighted by Gasteiger charge is -2.22. The first-order valence-corrected chi connectivity index (χ1v) is 14.4. The Kier molecular flexibility index (Phi) is 9.78. The van der Waals surface area contributed by atoms with Gasteiger partial charge in [0.05, 0.1) is 11.4 Å². The molecule has 0 radical (unpaired) electrons. The van der Waals surface area contributed by atoms with E-state index in [1.165, 1.54) is 10.5 Å². The van der Waals surface area contributed by atoms with E-state index in [0.29, 0.717) is 19.3 Å². The Balaban J connectivity index is 1.42. The number of likely N-dealkylation sites (N-methyl/N-ethyl adjacent to an activating group) is 1. The molecular weight excluding hydrogens is 526 g/mol. The maximum absolute atomic E-state index is 12.9. The highest BCUT2D eigenvalue weighted by Gasteiger charge is 2.23. The Morgan fingerprint density at radius 3 is 2.33 bits per heavy atom. The third kappa shape index (κ3) is 8.06. The van der Waals surface area contributed by atoms with Gasteiger partial charge in [-0.1, -0.05) is 45.0 Å². The molecule has 220 valence electrons. The number of nitrogens with zero attached hydrogens (tertiary/aromatic N) is 4. The lowest BCUT2D eigenvalue weighted by atomic mass is 9.87. The normalized spacial score (nSPS) is 12.1. The lowest BCUT2D eigenvalue weighted by molar-refractivity contribution is -0.134. The van der Waals surface area contributed by atoms with Gasteiger partial charge in [0.1, 0.15) is 11.8 Å². The molecular formula is C34H41N5O3. The number of hydrogen-bond acceptors (Lipinski definition) is 5. The fourth-order valence-corrected chi connectivity index (χ4v) is 4.82. The minimum Gasteiger partial charge on any atom is -0.508 e. The number of carbonyl (C=O) groups is 2.